The van der Waals surface area contributed by atoms with Crippen molar-refractivity contribution in [2.75, 3.05) is 25.4 Å². The number of halogens is 1. The van der Waals surface area contributed by atoms with Gasteiger partial charge in [-0.2, -0.15) is 5.10 Å². The third-order valence-corrected chi connectivity index (χ3v) is 5.74. The Labute approximate surface area is 201 Å². The molecule has 13 heteroatoms. The third kappa shape index (κ3) is 5.50. The molecule has 35 heavy (non-hydrogen) atoms. The summed E-state index contributed by atoms with van der Waals surface area (Å²) in [6, 6.07) is 4.46. The maximum Gasteiger partial charge on any atom is 0.410 e. The van der Waals surface area contributed by atoms with Gasteiger partial charge in [0.25, 0.3) is 0 Å². The highest BCUT2D eigenvalue weighted by Crippen LogP contribution is 2.28. The van der Waals surface area contributed by atoms with Crippen LogP contribution in [-0.2, 0) is 17.9 Å². The van der Waals surface area contributed by atoms with Crippen LogP contribution < -0.4 is 10.5 Å². The van der Waals surface area contributed by atoms with Gasteiger partial charge in [-0.3, -0.25) is 0 Å². The number of nitrogens with zero attached hydrogens (tertiary/aromatic N) is 7. The number of ether oxygens (including phenoxy) is 2. The summed E-state index contributed by atoms with van der Waals surface area (Å²) in [6.45, 7) is 4.86. The van der Waals surface area contributed by atoms with Gasteiger partial charge in [-0.05, 0) is 55.3 Å². The number of nitrogens with two attached hydrogens (primary N) is 1. The van der Waals surface area contributed by atoms with Crippen molar-refractivity contribution in [3.63, 3.8) is 0 Å². The van der Waals surface area contributed by atoms with Gasteiger partial charge in [0.05, 0.1) is 37.1 Å². The molecule has 12 nitrogen and oxygen atoms in total. The van der Waals surface area contributed by atoms with Crippen molar-refractivity contribution in [2.45, 2.75) is 52.0 Å². The standard InChI is InChI=1S/C22H29FN8O4/c1-14(2)35-22(33)29-7-5-17(6-8-29)31-20(24)16(12-25-31)13-34-19-4-3-15(11-18(19)23)21-26-27-28-30(21)9-10-32/h3-4,11-12,14,17,32H,5-10,13,24H2,1-2H3. The second-order valence-corrected chi connectivity index (χ2v) is 8.53. The Bertz CT molecular complexity index is 1160. The molecule has 3 N–H and O–H groups in total. The molecule has 1 amide bonds. The summed E-state index contributed by atoms with van der Waals surface area (Å²) in [7, 11) is 0. The van der Waals surface area contributed by atoms with Crippen LogP contribution in [0.4, 0.5) is 15.0 Å². The molecule has 0 spiro atoms. The Morgan fingerprint density at radius 2 is 2.09 bits per heavy atom. The lowest BCUT2D eigenvalue weighted by Crippen LogP contribution is -2.40. The molecule has 0 bridgehead atoms. The van der Waals surface area contributed by atoms with Gasteiger partial charge in [0.15, 0.2) is 17.4 Å². The van der Waals surface area contributed by atoms with Gasteiger partial charge in [-0.15, -0.1) is 5.10 Å². The summed E-state index contributed by atoms with van der Waals surface area (Å²) in [5, 5.41) is 24.7. The lowest BCUT2D eigenvalue weighted by molar-refractivity contribution is 0.0655. The van der Waals surface area contributed by atoms with Crippen molar-refractivity contribution in [1.82, 2.24) is 34.9 Å². The van der Waals surface area contributed by atoms with Gasteiger partial charge in [-0.25, -0.2) is 18.5 Å². The molecular formula is C22H29FN8O4. The second kappa shape index (κ2) is 10.7. The van der Waals surface area contributed by atoms with E-state index in [0.717, 1.165) is 0 Å². The van der Waals surface area contributed by atoms with Crippen LogP contribution in [0.25, 0.3) is 11.4 Å². The number of piperidine rings is 1. The van der Waals surface area contributed by atoms with E-state index in [9.17, 15) is 9.18 Å². The average molecular weight is 489 g/mol. The van der Waals surface area contributed by atoms with E-state index in [0.29, 0.717) is 48.7 Å². The monoisotopic (exact) mass is 488 g/mol. The van der Waals surface area contributed by atoms with E-state index in [2.05, 4.69) is 20.6 Å². The second-order valence-electron chi connectivity index (χ2n) is 8.53. The minimum atomic E-state index is -0.576. The minimum Gasteiger partial charge on any atom is -0.486 e. The first-order valence-electron chi connectivity index (χ1n) is 11.4. The molecule has 1 aliphatic rings. The van der Waals surface area contributed by atoms with Crippen LogP contribution in [0.5, 0.6) is 5.75 Å². The van der Waals surface area contributed by atoms with Crippen LogP contribution in [-0.4, -0.2) is 71.9 Å². The highest BCUT2D eigenvalue weighted by molar-refractivity contribution is 5.67. The maximum atomic E-state index is 14.7. The third-order valence-electron chi connectivity index (χ3n) is 5.74. The van der Waals surface area contributed by atoms with Crippen molar-refractivity contribution in [3.05, 3.63) is 35.8 Å². The Hall–Kier alpha value is -3.74. The summed E-state index contributed by atoms with van der Waals surface area (Å²) in [4.78, 5) is 13.8. The van der Waals surface area contributed by atoms with E-state index in [-0.39, 0.29) is 43.7 Å². The lowest BCUT2D eigenvalue weighted by Gasteiger charge is -2.32. The van der Waals surface area contributed by atoms with Gasteiger partial charge in [-0.1, -0.05) is 0 Å². The first kappa shape index (κ1) is 24.4. The van der Waals surface area contributed by atoms with E-state index >= 15 is 0 Å². The summed E-state index contributed by atoms with van der Waals surface area (Å²) in [5.41, 5.74) is 7.41. The van der Waals surface area contributed by atoms with Gasteiger partial charge in [0.2, 0.25) is 0 Å². The van der Waals surface area contributed by atoms with Crippen molar-refractivity contribution in [2.24, 2.45) is 0 Å². The zero-order valence-electron chi connectivity index (χ0n) is 19.7. The number of anilines is 1. The molecule has 3 aromatic rings. The summed E-state index contributed by atoms with van der Waals surface area (Å²) in [6.07, 6.45) is 2.55. The number of likely N-dealkylation sites (tertiary alicyclic amines) is 1. The summed E-state index contributed by atoms with van der Waals surface area (Å²) in [5.74, 6) is 0.277. The molecule has 4 rings (SSSR count). The number of aromatic nitrogens is 6. The van der Waals surface area contributed by atoms with Crippen LogP contribution in [0.2, 0.25) is 0 Å². The molecule has 0 saturated carbocycles. The smallest absolute Gasteiger partial charge is 0.410 e. The zero-order chi connectivity index (χ0) is 24.9. The van der Waals surface area contributed by atoms with Gasteiger partial charge < -0.3 is 25.2 Å². The Kier molecular flexibility index (Phi) is 7.44. The van der Waals surface area contributed by atoms with Crippen LogP contribution in [0.1, 0.15) is 38.3 Å². The summed E-state index contributed by atoms with van der Waals surface area (Å²) >= 11 is 0. The average Bonchev–Trinajstić information content (AvgIpc) is 3.44. The molecule has 1 fully saturated rings. The Balaban J connectivity index is 1.36. The maximum absolute atomic E-state index is 14.7. The number of aliphatic hydroxyl groups is 1. The normalized spacial score (nSPS) is 14.5. The highest BCUT2D eigenvalue weighted by Gasteiger charge is 2.27. The number of amides is 1. The molecule has 0 atom stereocenters. The SMILES string of the molecule is CC(C)OC(=O)N1CCC(n2ncc(COc3ccc(-c4nnnn4CCO)cc3F)c2N)CC1. The van der Waals surface area contributed by atoms with Crippen molar-refractivity contribution in [1.29, 1.82) is 0 Å². The van der Waals surface area contributed by atoms with Crippen molar-refractivity contribution < 1.29 is 23.8 Å². The fourth-order valence-electron chi connectivity index (χ4n) is 3.95. The predicted octanol–water partition coefficient (Wildman–Crippen LogP) is 2.01. The molecule has 0 aliphatic carbocycles. The van der Waals surface area contributed by atoms with Crippen LogP contribution >= 0.6 is 0 Å². The van der Waals surface area contributed by atoms with Crippen molar-refractivity contribution in [3.8, 4) is 17.1 Å². The number of carbonyl (C=O) groups is 1. The van der Waals surface area contributed by atoms with Crippen LogP contribution in [0, 0.1) is 5.82 Å². The minimum absolute atomic E-state index is 0.0455. The molecule has 1 aliphatic heterocycles. The number of aliphatic hydroxyl groups excluding tert-OH is 1. The molecule has 0 radical (unpaired) electrons. The van der Waals surface area contributed by atoms with Gasteiger partial charge in [0, 0.05) is 18.7 Å². The van der Waals surface area contributed by atoms with Crippen LogP contribution in [0.15, 0.2) is 24.4 Å². The topological polar surface area (TPSA) is 146 Å². The van der Waals surface area contributed by atoms with E-state index in [1.807, 2.05) is 13.8 Å². The largest absolute Gasteiger partial charge is 0.486 e. The number of hydrogen-bond acceptors (Lipinski definition) is 9. The number of tetrazole rings is 1. The first-order valence-corrected chi connectivity index (χ1v) is 11.4. The quantitative estimate of drug-likeness (QED) is 0.486. The van der Waals surface area contributed by atoms with Crippen molar-refractivity contribution >= 4 is 11.9 Å². The number of benzene rings is 1. The van der Waals surface area contributed by atoms with Crippen LogP contribution in [0.3, 0.4) is 0 Å². The molecule has 1 saturated heterocycles. The number of hydrogen-bond donors (Lipinski definition) is 2. The first-order chi connectivity index (χ1) is 16.9. The van der Waals surface area contributed by atoms with E-state index in [1.165, 1.54) is 16.8 Å². The van der Waals surface area contributed by atoms with E-state index in [4.69, 9.17) is 20.3 Å². The van der Waals surface area contributed by atoms with Gasteiger partial charge in [0.1, 0.15) is 12.4 Å². The number of nitrogen functional groups attached to an aromatic ring is 1. The lowest BCUT2D eigenvalue weighted by atomic mass is 10.1. The zero-order valence-corrected chi connectivity index (χ0v) is 19.7. The number of rotatable bonds is 8. The molecule has 188 valence electrons. The van der Waals surface area contributed by atoms with E-state index < -0.39 is 5.82 Å². The summed E-state index contributed by atoms with van der Waals surface area (Å²) < 4.78 is 28.7. The Morgan fingerprint density at radius 3 is 2.77 bits per heavy atom. The van der Waals surface area contributed by atoms with Gasteiger partial charge >= 0.3 is 6.09 Å². The fraction of sp³-hybridized carbons (Fsp3) is 0.500. The molecule has 0 unspecified atom stereocenters. The number of carbonyl (C=O) groups excluding carboxylic acids is 1. The molecule has 2 aromatic heterocycles. The highest BCUT2D eigenvalue weighted by atomic mass is 19.1. The molecular weight excluding hydrogens is 459 g/mol. The van der Waals surface area contributed by atoms with E-state index in [1.54, 1.807) is 21.8 Å². The fourth-order valence-corrected chi connectivity index (χ4v) is 3.95. The predicted molar refractivity (Wildman–Crippen MR) is 123 cm³/mol. The Morgan fingerprint density at radius 1 is 1.31 bits per heavy atom. The molecule has 1 aromatic carbocycles. The molecule has 3 heterocycles.